The van der Waals surface area contributed by atoms with Crippen LogP contribution in [0.15, 0.2) is 48.6 Å². The van der Waals surface area contributed by atoms with E-state index in [1.54, 1.807) is 36.4 Å². The lowest BCUT2D eigenvalue weighted by Crippen LogP contribution is -2.05. The number of anilines is 1. The van der Waals surface area contributed by atoms with Crippen LogP contribution in [-0.4, -0.2) is 18.5 Å². The molecule has 0 bridgehead atoms. The minimum absolute atomic E-state index is 0.199. The van der Waals surface area contributed by atoms with Crippen LogP contribution in [0.25, 0.3) is 11.6 Å². The Morgan fingerprint density at radius 1 is 1.12 bits per heavy atom. The van der Waals surface area contributed by atoms with Gasteiger partial charge in [-0.25, -0.2) is 0 Å². The number of carbonyl (C=O) groups excluding carboxylic acids is 2. The Balaban J connectivity index is 1.57. The smallest absolute Gasteiger partial charge is 0.256 e. The number of ketones is 1. The minimum Gasteiger partial charge on any atom is -0.454 e. The second-order valence-corrected chi connectivity index (χ2v) is 5.99. The highest BCUT2D eigenvalue weighted by Crippen LogP contribution is 2.34. The quantitative estimate of drug-likeness (QED) is 0.855. The van der Waals surface area contributed by atoms with Gasteiger partial charge in [0.05, 0.1) is 5.57 Å². The fraction of sp³-hybridized carbons (Fsp3) is 0.0526. The summed E-state index contributed by atoms with van der Waals surface area (Å²) in [5, 5.41) is 3.21. The van der Waals surface area contributed by atoms with E-state index in [2.05, 4.69) is 5.32 Å². The SMILES string of the molecule is O=C(/C=C/c1ccc2c(c1)OCO2)/C=C1/C(=O)Nc2ccc(Cl)cc21. The Morgan fingerprint density at radius 3 is 2.84 bits per heavy atom. The van der Waals surface area contributed by atoms with Gasteiger partial charge >= 0.3 is 0 Å². The molecule has 0 saturated heterocycles. The summed E-state index contributed by atoms with van der Waals surface area (Å²) in [5.41, 5.74) is 2.38. The molecule has 0 spiro atoms. The lowest BCUT2D eigenvalue weighted by Gasteiger charge is -1.98. The molecule has 0 fully saturated rings. The van der Waals surface area contributed by atoms with Crippen molar-refractivity contribution in [3.8, 4) is 11.5 Å². The number of amides is 1. The van der Waals surface area contributed by atoms with Crippen molar-refractivity contribution in [1.29, 1.82) is 0 Å². The van der Waals surface area contributed by atoms with Crippen molar-refractivity contribution >= 4 is 40.6 Å². The standard InChI is InChI=1S/C19H12ClNO4/c20-12-3-5-16-14(8-12)15(19(23)21-16)9-13(22)4-1-11-2-6-17-18(7-11)25-10-24-17/h1-9H,10H2,(H,21,23)/b4-1+,15-9+. The van der Waals surface area contributed by atoms with Crippen LogP contribution >= 0.6 is 11.6 Å². The molecule has 2 heterocycles. The molecular formula is C19H12ClNO4. The van der Waals surface area contributed by atoms with Crippen molar-refractivity contribution in [2.75, 3.05) is 12.1 Å². The van der Waals surface area contributed by atoms with Crippen molar-refractivity contribution < 1.29 is 19.1 Å². The van der Waals surface area contributed by atoms with E-state index in [0.29, 0.717) is 33.3 Å². The topological polar surface area (TPSA) is 64.6 Å². The molecule has 25 heavy (non-hydrogen) atoms. The number of ether oxygens (including phenoxy) is 2. The molecule has 0 atom stereocenters. The van der Waals surface area contributed by atoms with Gasteiger partial charge in [0.25, 0.3) is 5.91 Å². The van der Waals surface area contributed by atoms with E-state index in [1.165, 1.54) is 12.2 Å². The maximum atomic E-state index is 12.2. The van der Waals surface area contributed by atoms with E-state index in [4.69, 9.17) is 21.1 Å². The van der Waals surface area contributed by atoms with E-state index in [9.17, 15) is 9.59 Å². The van der Waals surface area contributed by atoms with Crippen LogP contribution in [0.1, 0.15) is 11.1 Å². The van der Waals surface area contributed by atoms with Crippen molar-refractivity contribution in [1.82, 2.24) is 0 Å². The summed E-state index contributed by atoms with van der Waals surface area (Å²) in [6.45, 7) is 0.199. The molecule has 2 aliphatic heterocycles. The van der Waals surface area contributed by atoms with Gasteiger partial charge < -0.3 is 14.8 Å². The van der Waals surface area contributed by atoms with Crippen LogP contribution in [0, 0.1) is 0 Å². The molecular weight excluding hydrogens is 342 g/mol. The van der Waals surface area contributed by atoms with Crippen LogP contribution in [0.2, 0.25) is 5.02 Å². The molecule has 124 valence electrons. The van der Waals surface area contributed by atoms with Gasteiger partial charge in [0, 0.05) is 16.3 Å². The largest absolute Gasteiger partial charge is 0.454 e. The Bertz CT molecular complexity index is 962. The number of fused-ring (bicyclic) bond motifs is 2. The number of nitrogens with one attached hydrogen (secondary N) is 1. The third-order valence-electron chi connectivity index (χ3n) is 3.89. The van der Waals surface area contributed by atoms with Gasteiger partial charge in [0.15, 0.2) is 17.3 Å². The van der Waals surface area contributed by atoms with Gasteiger partial charge in [-0.2, -0.15) is 0 Å². The van der Waals surface area contributed by atoms with Gasteiger partial charge in [-0.1, -0.05) is 23.7 Å². The minimum atomic E-state index is -0.318. The molecule has 1 amide bonds. The zero-order valence-corrected chi connectivity index (χ0v) is 13.7. The summed E-state index contributed by atoms with van der Waals surface area (Å²) in [6, 6.07) is 10.5. The summed E-state index contributed by atoms with van der Waals surface area (Å²) < 4.78 is 10.5. The molecule has 5 nitrogen and oxygen atoms in total. The molecule has 0 radical (unpaired) electrons. The lowest BCUT2D eigenvalue weighted by molar-refractivity contribution is -0.112. The zero-order chi connectivity index (χ0) is 17.4. The summed E-state index contributed by atoms with van der Waals surface area (Å²) in [4.78, 5) is 24.3. The monoisotopic (exact) mass is 353 g/mol. The first-order valence-corrected chi connectivity index (χ1v) is 7.92. The fourth-order valence-electron chi connectivity index (χ4n) is 2.69. The van der Waals surface area contributed by atoms with Crippen molar-refractivity contribution in [3.63, 3.8) is 0 Å². The molecule has 1 N–H and O–H groups in total. The number of benzene rings is 2. The molecule has 0 aliphatic carbocycles. The maximum absolute atomic E-state index is 12.2. The van der Waals surface area contributed by atoms with Gasteiger partial charge in [0.1, 0.15) is 0 Å². The highest BCUT2D eigenvalue weighted by Gasteiger charge is 2.24. The normalized spacial score (nSPS) is 16.4. The Kier molecular flexibility index (Phi) is 3.78. The Morgan fingerprint density at radius 2 is 1.96 bits per heavy atom. The maximum Gasteiger partial charge on any atom is 0.256 e. The summed E-state index contributed by atoms with van der Waals surface area (Å²) in [5.74, 6) is 0.714. The second-order valence-electron chi connectivity index (χ2n) is 5.55. The third kappa shape index (κ3) is 3.02. The summed E-state index contributed by atoms with van der Waals surface area (Å²) in [6.07, 6.45) is 4.37. The first-order chi connectivity index (χ1) is 12.1. The molecule has 4 rings (SSSR count). The Hall–Kier alpha value is -3.05. The molecule has 0 saturated carbocycles. The summed E-state index contributed by atoms with van der Waals surface area (Å²) in [7, 11) is 0. The first-order valence-electron chi connectivity index (χ1n) is 7.55. The molecule has 6 heteroatoms. The highest BCUT2D eigenvalue weighted by molar-refractivity contribution is 6.36. The van der Waals surface area contributed by atoms with Crippen LogP contribution in [-0.2, 0) is 9.59 Å². The zero-order valence-electron chi connectivity index (χ0n) is 12.9. The predicted molar refractivity (Wildman–Crippen MR) is 94.7 cm³/mol. The van der Waals surface area contributed by atoms with E-state index in [-0.39, 0.29) is 18.5 Å². The number of halogens is 1. The first kappa shape index (κ1) is 15.5. The number of allylic oxidation sites excluding steroid dienone is 2. The second kappa shape index (κ2) is 6.11. The molecule has 2 aliphatic rings. The molecule has 2 aromatic carbocycles. The van der Waals surface area contributed by atoms with Gasteiger partial charge in [-0.15, -0.1) is 0 Å². The number of rotatable bonds is 3. The number of carbonyl (C=O) groups is 2. The number of hydrogen-bond acceptors (Lipinski definition) is 4. The average molecular weight is 354 g/mol. The van der Waals surface area contributed by atoms with E-state index in [0.717, 1.165) is 5.56 Å². The number of hydrogen-bond donors (Lipinski definition) is 1. The van der Waals surface area contributed by atoms with E-state index >= 15 is 0 Å². The van der Waals surface area contributed by atoms with Crippen molar-refractivity contribution in [2.24, 2.45) is 0 Å². The van der Waals surface area contributed by atoms with Gasteiger partial charge in [-0.3, -0.25) is 9.59 Å². The van der Waals surface area contributed by atoms with Crippen LogP contribution in [0.4, 0.5) is 5.69 Å². The average Bonchev–Trinajstić information content (AvgIpc) is 3.17. The predicted octanol–water partition coefficient (Wildman–Crippen LogP) is 3.69. The van der Waals surface area contributed by atoms with E-state index in [1.807, 2.05) is 6.07 Å². The van der Waals surface area contributed by atoms with Gasteiger partial charge in [0.2, 0.25) is 6.79 Å². The van der Waals surface area contributed by atoms with Crippen molar-refractivity contribution in [2.45, 2.75) is 0 Å². The molecule has 0 unspecified atom stereocenters. The third-order valence-corrected chi connectivity index (χ3v) is 4.12. The van der Waals surface area contributed by atoms with Crippen molar-refractivity contribution in [3.05, 3.63) is 64.7 Å². The summed E-state index contributed by atoms with van der Waals surface area (Å²) >= 11 is 5.97. The molecule has 2 aromatic rings. The van der Waals surface area contributed by atoms with Crippen LogP contribution < -0.4 is 14.8 Å². The highest BCUT2D eigenvalue weighted by atomic mass is 35.5. The lowest BCUT2D eigenvalue weighted by atomic mass is 10.1. The Labute approximate surface area is 148 Å². The molecule has 0 aromatic heterocycles. The fourth-order valence-corrected chi connectivity index (χ4v) is 2.86. The van der Waals surface area contributed by atoms with Gasteiger partial charge in [-0.05, 0) is 48.0 Å². The van der Waals surface area contributed by atoms with Crippen LogP contribution in [0.5, 0.6) is 11.5 Å². The van der Waals surface area contributed by atoms with Crippen LogP contribution in [0.3, 0.4) is 0 Å². The van der Waals surface area contributed by atoms with E-state index < -0.39 is 0 Å².